The van der Waals surface area contributed by atoms with Gasteiger partial charge in [-0.3, -0.25) is 9.36 Å². The van der Waals surface area contributed by atoms with Gasteiger partial charge in [0.1, 0.15) is 0 Å². The molecule has 0 saturated heterocycles. The van der Waals surface area contributed by atoms with E-state index in [0.29, 0.717) is 5.16 Å². The first-order valence-corrected chi connectivity index (χ1v) is 12.1. The molecular weight excluding hydrogens is 498 g/mol. The number of carbonyl (C=O) groups is 1. The monoisotopic (exact) mass is 519 g/mol. The lowest BCUT2D eigenvalue weighted by Gasteiger charge is -2.11. The van der Waals surface area contributed by atoms with Crippen LogP contribution in [-0.2, 0) is 4.79 Å². The van der Waals surface area contributed by atoms with Gasteiger partial charge in [0.15, 0.2) is 11.0 Å². The SMILES string of the molecule is Cc1ccc(-c2nnc(SCC(=O)N/N=C\c3cccc(Br)c3)n2-c2ccc(C)cc2)cc1. The minimum atomic E-state index is -0.221. The first-order valence-electron chi connectivity index (χ1n) is 10.3. The number of nitrogens with zero attached hydrogens (tertiary/aromatic N) is 4. The maximum absolute atomic E-state index is 12.4. The fourth-order valence-corrected chi connectivity index (χ4v) is 4.27. The van der Waals surface area contributed by atoms with Gasteiger partial charge in [0, 0.05) is 15.7 Å². The van der Waals surface area contributed by atoms with Crippen LogP contribution in [0.3, 0.4) is 0 Å². The quantitative estimate of drug-likeness (QED) is 0.197. The molecule has 0 saturated carbocycles. The van der Waals surface area contributed by atoms with Crippen molar-refractivity contribution in [2.45, 2.75) is 19.0 Å². The van der Waals surface area contributed by atoms with Crippen LogP contribution < -0.4 is 5.43 Å². The van der Waals surface area contributed by atoms with E-state index >= 15 is 0 Å². The van der Waals surface area contributed by atoms with Gasteiger partial charge in [-0.25, -0.2) is 5.43 Å². The molecule has 4 aromatic rings. The molecule has 0 fully saturated rings. The zero-order chi connectivity index (χ0) is 23.2. The minimum Gasteiger partial charge on any atom is -0.272 e. The third kappa shape index (κ3) is 5.97. The van der Waals surface area contributed by atoms with Gasteiger partial charge in [-0.05, 0) is 43.7 Å². The molecule has 0 atom stereocenters. The van der Waals surface area contributed by atoms with Crippen LogP contribution >= 0.6 is 27.7 Å². The van der Waals surface area contributed by atoms with Crippen molar-refractivity contribution in [3.8, 4) is 17.1 Å². The van der Waals surface area contributed by atoms with Gasteiger partial charge in [0.25, 0.3) is 5.91 Å². The van der Waals surface area contributed by atoms with E-state index in [4.69, 9.17) is 0 Å². The predicted octanol–water partition coefficient (Wildman–Crippen LogP) is 5.56. The van der Waals surface area contributed by atoms with Crippen LogP contribution in [0.2, 0.25) is 0 Å². The molecule has 6 nitrogen and oxygen atoms in total. The summed E-state index contributed by atoms with van der Waals surface area (Å²) in [5.41, 5.74) is 7.70. The first kappa shape index (κ1) is 22.9. The molecule has 0 aliphatic carbocycles. The van der Waals surface area contributed by atoms with Crippen LogP contribution in [0, 0.1) is 13.8 Å². The van der Waals surface area contributed by atoms with Gasteiger partial charge in [-0.1, -0.05) is 87.3 Å². The second-order valence-corrected chi connectivity index (χ2v) is 9.34. The van der Waals surface area contributed by atoms with E-state index in [0.717, 1.165) is 27.1 Å². The summed E-state index contributed by atoms with van der Waals surface area (Å²) in [4.78, 5) is 12.4. The highest BCUT2D eigenvalue weighted by molar-refractivity contribution is 9.10. The Morgan fingerprint density at radius 1 is 1.03 bits per heavy atom. The van der Waals surface area contributed by atoms with Crippen LogP contribution in [0.1, 0.15) is 16.7 Å². The maximum atomic E-state index is 12.4. The number of rotatable bonds is 7. The summed E-state index contributed by atoms with van der Waals surface area (Å²) < 4.78 is 2.93. The van der Waals surface area contributed by atoms with Crippen LogP contribution in [0.15, 0.2) is 87.5 Å². The molecule has 0 unspecified atom stereocenters. The van der Waals surface area contributed by atoms with Crippen molar-refractivity contribution in [3.63, 3.8) is 0 Å². The van der Waals surface area contributed by atoms with Gasteiger partial charge in [0.05, 0.1) is 12.0 Å². The number of thioether (sulfide) groups is 1. The number of amides is 1. The fraction of sp³-hybridized carbons (Fsp3) is 0.120. The first-order chi connectivity index (χ1) is 16.0. The summed E-state index contributed by atoms with van der Waals surface area (Å²) in [7, 11) is 0. The van der Waals surface area contributed by atoms with Crippen LogP contribution in [-0.4, -0.2) is 32.6 Å². The van der Waals surface area contributed by atoms with Gasteiger partial charge < -0.3 is 0 Å². The Labute approximate surface area is 205 Å². The summed E-state index contributed by atoms with van der Waals surface area (Å²) in [6, 6.07) is 24.0. The highest BCUT2D eigenvalue weighted by Gasteiger charge is 2.17. The number of aromatic nitrogens is 3. The molecule has 3 aromatic carbocycles. The number of benzene rings is 3. The third-order valence-electron chi connectivity index (χ3n) is 4.82. The third-order valence-corrected chi connectivity index (χ3v) is 6.24. The van der Waals surface area contributed by atoms with Crippen LogP contribution in [0.5, 0.6) is 0 Å². The molecule has 1 N–H and O–H groups in total. The predicted molar refractivity (Wildman–Crippen MR) is 137 cm³/mol. The van der Waals surface area contributed by atoms with E-state index < -0.39 is 0 Å². The van der Waals surface area contributed by atoms with E-state index in [2.05, 4.69) is 36.7 Å². The highest BCUT2D eigenvalue weighted by Crippen LogP contribution is 2.28. The molecule has 0 aliphatic heterocycles. The maximum Gasteiger partial charge on any atom is 0.250 e. The summed E-state index contributed by atoms with van der Waals surface area (Å²) in [5.74, 6) is 0.671. The summed E-state index contributed by atoms with van der Waals surface area (Å²) in [5, 5.41) is 13.5. The second kappa shape index (κ2) is 10.6. The molecule has 1 amide bonds. The van der Waals surface area contributed by atoms with Crippen LogP contribution in [0.4, 0.5) is 0 Å². The lowest BCUT2D eigenvalue weighted by molar-refractivity contribution is -0.118. The molecule has 0 aliphatic rings. The largest absolute Gasteiger partial charge is 0.272 e. The number of halogens is 1. The minimum absolute atomic E-state index is 0.160. The summed E-state index contributed by atoms with van der Waals surface area (Å²) in [6.07, 6.45) is 1.61. The Bertz CT molecular complexity index is 1280. The van der Waals surface area contributed by atoms with Gasteiger partial charge in [0.2, 0.25) is 0 Å². The fourth-order valence-electron chi connectivity index (χ4n) is 3.11. The number of hydrogen-bond donors (Lipinski definition) is 1. The van der Waals surface area contributed by atoms with E-state index in [9.17, 15) is 4.79 Å². The lowest BCUT2D eigenvalue weighted by atomic mass is 10.1. The molecule has 4 rings (SSSR count). The Balaban J connectivity index is 1.51. The zero-order valence-electron chi connectivity index (χ0n) is 18.2. The molecule has 1 heterocycles. The molecule has 0 bridgehead atoms. The second-order valence-electron chi connectivity index (χ2n) is 7.48. The Hall–Kier alpha value is -3.23. The number of carbonyl (C=O) groups excluding carboxylic acids is 1. The van der Waals surface area contributed by atoms with E-state index in [1.165, 1.54) is 22.9 Å². The van der Waals surface area contributed by atoms with Crippen molar-refractivity contribution in [1.82, 2.24) is 20.2 Å². The Morgan fingerprint density at radius 3 is 2.42 bits per heavy atom. The molecule has 1 aromatic heterocycles. The number of aryl methyl sites for hydroxylation is 2. The smallest absolute Gasteiger partial charge is 0.250 e. The molecule has 33 heavy (non-hydrogen) atoms. The summed E-state index contributed by atoms with van der Waals surface area (Å²) >= 11 is 4.74. The number of nitrogens with one attached hydrogen (secondary N) is 1. The zero-order valence-corrected chi connectivity index (χ0v) is 20.6. The molecule has 8 heteroatoms. The van der Waals surface area contributed by atoms with E-state index in [-0.39, 0.29) is 11.7 Å². The van der Waals surface area contributed by atoms with Gasteiger partial charge in [-0.15, -0.1) is 10.2 Å². The Kier molecular flexibility index (Phi) is 7.36. The van der Waals surface area contributed by atoms with Gasteiger partial charge in [-0.2, -0.15) is 5.10 Å². The standard InChI is InChI=1S/C25H22BrN5OS/c1-17-6-10-20(11-7-17)24-29-30-25(31(24)22-12-8-18(2)9-13-22)33-16-23(32)28-27-15-19-4-3-5-21(26)14-19/h3-15H,16H2,1-2H3,(H,28,32)/b27-15-. The normalized spacial score (nSPS) is 11.1. The average Bonchev–Trinajstić information content (AvgIpc) is 3.23. The van der Waals surface area contributed by atoms with Crippen molar-refractivity contribution in [2.24, 2.45) is 5.10 Å². The molecule has 0 radical (unpaired) electrons. The average molecular weight is 520 g/mol. The van der Waals surface area contributed by atoms with Gasteiger partial charge >= 0.3 is 0 Å². The number of hydrogen-bond acceptors (Lipinski definition) is 5. The van der Waals surface area contributed by atoms with E-state index in [1.807, 2.05) is 91.2 Å². The molecular formula is C25H22BrN5OS. The molecule has 0 spiro atoms. The Morgan fingerprint density at radius 2 is 1.73 bits per heavy atom. The topological polar surface area (TPSA) is 72.2 Å². The highest BCUT2D eigenvalue weighted by atomic mass is 79.9. The van der Waals surface area contributed by atoms with Crippen LogP contribution in [0.25, 0.3) is 17.1 Å². The van der Waals surface area contributed by atoms with Crippen molar-refractivity contribution in [3.05, 3.63) is 94.0 Å². The van der Waals surface area contributed by atoms with Crippen molar-refractivity contribution >= 4 is 39.8 Å². The number of hydrazone groups is 1. The van der Waals surface area contributed by atoms with E-state index in [1.54, 1.807) is 6.21 Å². The lowest BCUT2D eigenvalue weighted by Crippen LogP contribution is -2.20. The van der Waals surface area contributed by atoms with Crippen molar-refractivity contribution in [1.29, 1.82) is 0 Å². The molecule has 166 valence electrons. The van der Waals surface area contributed by atoms with Crippen molar-refractivity contribution in [2.75, 3.05) is 5.75 Å². The summed E-state index contributed by atoms with van der Waals surface area (Å²) in [6.45, 7) is 4.10. The van der Waals surface area contributed by atoms with Crippen molar-refractivity contribution < 1.29 is 4.79 Å².